The van der Waals surface area contributed by atoms with Crippen molar-refractivity contribution >= 4 is 0 Å². The van der Waals surface area contributed by atoms with Crippen LogP contribution < -0.4 is 0 Å². The monoisotopic (exact) mass is 221 g/mol. The SMILES string of the molecule is CCOC1(C#N)CCCC(C(F)(F)F)C1. The highest BCUT2D eigenvalue weighted by Gasteiger charge is 2.48. The highest BCUT2D eigenvalue weighted by atomic mass is 19.4. The molecule has 1 fully saturated rings. The van der Waals surface area contributed by atoms with Crippen molar-refractivity contribution in [3.8, 4) is 6.07 Å². The summed E-state index contributed by atoms with van der Waals surface area (Å²) in [5, 5.41) is 8.91. The lowest BCUT2D eigenvalue weighted by Crippen LogP contribution is -2.41. The van der Waals surface area contributed by atoms with Gasteiger partial charge in [-0.25, -0.2) is 0 Å². The summed E-state index contributed by atoms with van der Waals surface area (Å²) in [5.41, 5.74) is -1.22. The summed E-state index contributed by atoms with van der Waals surface area (Å²) in [5.74, 6) is -1.39. The molecule has 1 aliphatic carbocycles. The number of nitrogens with zero attached hydrogens (tertiary/aromatic N) is 1. The minimum Gasteiger partial charge on any atom is -0.360 e. The molecule has 1 rings (SSSR count). The molecule has 0 saturated heterocycles. The van der Waals surface area contributed by atoms with E-state index < -0.39 is 17.7 Å². The predicted octanol–water partition coefficient (Wildman–Crippen LogP) is 3.04. The summed E-state index contributed by atoms with van der Waals surface area (Å²) < 4.78 is 42.7. The van der Waals surface area contributed by atoms with E-state index in [-0.39, 0.29) is 19.4 Å². The van der Waals surface area contributed by atoms with E-state index in [1.165, 1.54) is 0 Å². The van der Waals surface area contributed by atoms with Gasteiger partial charge in [0.2, 0.25) is 0 Å². The zero-order chi connectivity index (χ0) is 11.5. The molecule has 0 aromatic heterocycles. The van der Waals surface area contributed by atoms with Crippen LogP contribution >= 0.6 is 0 Å². The van der Waals surface area contributed by atoms with E-state index in [2.05, 4.69) is 0 Å². The largest absolute Gasteiger partial charge is 0.391 e. The fraction of sp³-hybridized carbons (Fsp3) is 0.900. The van der Waals surface area contributed by atoms with Crippen molar-refractivity contribution in [1.82, 2.24) is 0 Å². The molecule has 5 heteroatoms. The van der Waals surface area contributed by atoms with E-state index in [1.54, 1.807) is 6.92 Å². The van der Waals surface area contributed by atoms with Crippen LogP contribution in [-0.4, -0.2) is 18.4 Å². The standard InChI is InChI=1S/C10H14F3NO/c1-2-15-9(7-14)5-3-4-8(6-9)10(11,12)13/h8H,2-6H2,1H3. The van der Waals surface area contributed by atoms with Crippen molar-refractivity contribution in [2.45, 2.75) is 44.4 Å². The number of rotatable bonds is 2. The van der Waals surface area contributed by atoms with Gasteiger partial charge in [0, 0.05) is 13.0 Å². The predicted molar refractivity (Wildman–Crippen MR) is 48.0 cm³/mol. The third-order valence-electron chi connectivity index (χ3n) is 2.80. The maximum absolute atomic E-state index is 12.5. The van der Waals surface area contributed by atoms with Crippen LogP contribution in [-0.2, 0) is 4.74 Å². The van der Waals surface area contributed by atoms with E-state index in [9.17, 15) is 13.2 Å². The summed E-state index contributed by atoms with van der Waals surface area (Å²) >= 11 is 0. The first-order chi connectivity index (χ1) is 6.93. The Kier molecular flexibility index (Phi) is 3.61. The number of hydrogen-bond donors (Lipinski definition) is 0. The Bertz CT molecular complexity index is 254. The molecule has 0 radical (unpaired) electrons. The molecule has 2 atom stereocenters. The molecule has 2 unspecified atom stereocenters. The summed E-state index contributed by atoms with van der Waals surface area (Å²) in [7, 11) is 0. The molecule has 15 heavy (non-hydrogen) atoms. The average molecular weight is 221 g/mol. The quantitative estimate of drug-likeness (QED) is 0.718. The third kappa shape index (κ3) is 2.85. The highest BCUT2D eigenvalue weighted by molar-refractivity contribution is 5.05. The normalized spacial score (nSPS) is 32.3. The van der Waals surface area contributed by atoms with Gasteiger partial charge in [-0.2, -0.15) is 18.4 Å². The lowest BCUT2D eigenvalue weighted by atomic mass is 9.78. The highest BCUT2D eigenvalue weighted by Crippen LogP contribution is 2.42. The van der Waals surface area contributed by atoms with Gasteiger partial charge in [0.15, 0.2) is 5.60 Å². The molecule has 0 heterocycles. The molecule has 0 aliphatic heterocycles. The van der Waals surface area contributed by atoms with Crippen molar-refractivity contribution in [3.63, 3.8) is 0 Å². The second-order valence-electron chi connectivity index (χ2n) is 3.87. The van der Waals surface area contributed by atoms with Gasteiger partial charge in [0.05, 0.1) is 12.0 Å². The van der Waals surface area contributed by atoms with Crippen molar-refractivity contribution in [2.24, 2.45) is 5.92 Å². The fourth-order valence-corrected chi connectivity index (χ4v) is 2.06. The number of ether oxygens (including phenoxy) is 1. The summed E-state index contributed by atoms with van der Waals surface area (Å²) in [4.78, 5) is 0. The Morgan fingerprint density at radius 1 is 1.53 bits per heavy atom. The van der Waals surface area contributed by atoms with Crippen molar-refractivity contribution < 1.29 is 17.9 Å². The van der Waals surface area contributed by atoms with Gasteiger partial charge in [0.25, 0.3) is 0 Å². The first-order valence-corrected chi connectivity index (χ1v) is 5.05. The summed E-state index contributed by atoms with van der Waals surface area (Å²) in [6.07, 6.45) is -3.51. The van der Waals surface area contributed by atoms with Crippen LogP contribution in [0.5, 0.6) is 0 Å². The molecule has 1 aliphatic rings. The zero-order valence-corrected chi connectivity index (χ0v) is 8.60. The average Bonchev–Trinajstić information content (AvgIpc) is 2.17. The van der Waals surface area contributed by atoms with Gasteiger partial charge in [-0.15, -0.1) is 0 Å². The maximum atomic E-state index is 12.5. The lowest BCUT2D eigenvalue weighted by Gasteiger charge is -2.36. The van der Waals surface area contributed by atoms with Gasteiger partial charge in [-0.3, -0.25) is 0 Å². The molecule has 0 bridgehead atoms. The molecule has 2 nitrogen and oxygen atoms in total. The zero-order valence-electron chi connectivity index (χ0n) is 8.60. The van der Waals surface area contributed by atoms with Crippen LogP contribution in [0.25, 0.3) is 0 Å². The second kappa shape index (κ2) is 4.40. The Hall–Kier alpha value is -0.760. The van der Waals surface area contributed by atoms with E-state index in [4.69, 9.17) is 10.00 Å². The van der Waals surface area contributed by atoms with Crippen molar-refractivity contribution in [2.75, 3.05) is 6.61 Å². The molecule has 86 valence electrons. The third-order valence-corrected chi connectivity index (χ3v) is 2.80. The van der Waals surface area contributed by atoms with E-state index in [0.717, 1.165) is 0 Å². The maximum Gasteiger partial charge on any atom is 0.391 e. The van der Waals surface area contributed by atoms with Crippen LogP contribution in [0.2, 0.25) is 0 Å². The van der Waals surface area contributed by atoms with Gasteiger partial charge in [-0.1, -0.05) is 0 Å². The van der Waals surface area contributed by atoms with Gasteiger partial charge >= 0.3 is 6.18 Å². The van der Waals surface area contributed by atoms with Crippen LogP contribution in [0.3, 0.4) is 0 Å². The fourth-order valence-electron chi connectivity index (χ4n) is 2.06. The number of hydrogen-bond acceptors (Lipinski definition) is 2. The lowest BCUT2D eigenvalue weighted by molar-refractivity contribution is -0.199. The van der Waals surface area contributed by atoms with E-state index in [0.29, 0.717) is 12.8 Å². The Morgan fingerprint density at radius 2 is 2.20 bits per heavy atom. The molecule has 0 aromatic rings. The van der Waals surface area contributed by atoms with Crippen molar-refractivity contribution in [3.05, 3.63) is 0 Å². The molecular weight excluding hydrogens is 207 g/mol. The first-order valence-electron chi connectivity index (χ1n) is 5.05. The smallest absolute Gasteiger partial charge is 0.360 e. The number of halogens is 3. The Balaban J connectivity index is 2.74. The Labute approximate surface area is 87.0 Å². The van der Waals surface area contributed by atoms with Gasteiger partial charge in [0.1, 0.15) is 0 Å². The van der Waals surface area contributed by atoms with Crippen molar-refractivity contribution in [1.29, 1.82) is 5.26 Å². The molecule has 1 saturated carbocycles. The molecular formula is C10H14F3NO. The van der Waals surface area contributed by atoms with Gasteiger partial charge < -0.3 is 4.74 Å². The molecule has 0 aromatic carbocycles. The van der Waals surface area contributed by atoms with Gasteiger partial charge in [-0.05, 0) is 26.2 Å². The summed E-state index contributed by atoms with van der Waals surface area (Å²) in [6, 6.07) is 1.90. The summed E-state index contributed by atoms with van der Waals surface area (Å²) in [6.45, 7) is 1.97. The van der Waals surface area contributed by atoms with E-state index in [1.807, 2.05) is 6.07 Å². The minimum atomic E-state index is -4.21. The minimum absolute atomic E-state index is 0.111. The van der Waals surface area contributed by atoms with Crippen LogP contribution in [0.15, 0.2) is 0 Å². The molecule has 0 spiro atoms. The molecule has 0 N–H and O–H groups in total. The Morgan fingerprint density at radius 3 is 2.67 bits per heavy atom. The van der Waals surface area contributed by atoms with Crippen LogP contribution in [0, 0.1) is 17.2 Å². The molecule has 0 amide bonds. The second-order valence-corrected chi connectivity index (χ2v) is 3.87. The van der Waals surface area contributed by atoms with Crippen LogP contribution in [0.1, 0.15) is 32.6 Å². The van der Waals surface area contributed by atoms with E-state index >= 15 is 0 Å². The van der Waals surface area contributed by atoms with Crippen LogP contribution in [0.4, 0.5) is 13.2 Å². The first kappa shape index (κ1) is 12.3. The number of alkyl halides is 3. The topological polar surface area (TPSA) is 33.0 Å². The number of nitriles is 1.